The summed E-state index contributed by atoms with van der Waals surface area (Å²) in [4.78, 5) is 34.5. The zero-order chi connectivity index (χ0) is 15.9. The topological polar surface area (TPSA) is 113 Å². The van der Waals surface area contributed by atoms with E-state index in [-0.39, 0.29) is 11.7 Å². The quantitative estimate of drug-likeness (QED) is 0.770. The van der Waals surface area contributed by atoms with Crippen molar-refractivity contribution in [3.05, 3.63) is 29.8 Å². The molecule has 2 saturated heterocycles. The first-order valence-corrected chi connectivity index (χ1v) is 7.00. The normalized spacial score (nSPS) is 29.3. The van der Waals surface area contributed by atoms with Gasteiger partial charge in [-0.25, -0.2) is 4.79 Å². The number of amides is 1. The second kappa shape index (κ2) is 5.42. The van der Waals surface area contributed by atoms with E-state index < -0.39 is 35.8 Å². The van der Waals surface area contributed by atoms with Gasteiger partial charge in [-0.3, -0.25) is 9.59 Å². The number of aromatic carboxylic acids is 1. The first kappa shape index (κ1) is 14.5. The van der Waals surface area contributed by atoms with E-state index >= 15 is 0 Å². The summed E-state index contributed by atoms with van der Waals surface area (Å²) in [5.74, 6) is -4.01. The molecule has 0 saturated carbocycles. The van der Waals surface area contributed by atoms with Crippen LogP contribution < -0.4 is 5.32 Å². The molecular weight excluding hydrogens is 290 g/mol. The molecule has 2 heterocycles. The van der Waals surface area contributed by atoms with Gasteiger partial charge < -0.3 is 20.3 Å². The molecule has 2 bridgehead atoms. The number of rotatable bonds is 4. The molecule has 0 spiro atoms. The molecule has 0 aliphatic carbocycles. The van der Waals surface area contributed by atoms with Gasteiger partial charge in [0.25, 0.3) is 0 Å². The van der Waals surface area contributed by atoms with Gasteiger partial charge in [0.15, 0.2) is 0 Å². The second-order valence-corrected chi connectivity index (χ2v) is 5.55. The smallest absolute Gasteiger partial charge is 0.335 e. The Kier molecular flexibility index (Phi) is 3.58. The summed E-state index contributed by atoms with van der Waals surface area (Å²) >= 11 is 0. The number of hydrogen-bond donors (Lipinski definition) is 3. The van der Waals surface area contributed by atoms with Gasteiger partial charge in [0.05, 0.1) is 29.6 Å². The minimum atomic E-state index is -1.05. The summed E-state index contributed by atoms with van der Waals surface area (Å²) in [5.41, 5.74) is 0.548. The summed E-state index contributed by atoms with van der Waals surface area (Å²) in [6, 6.07) is 5.71. The van der Waals surface area contributed by atoms with Gasteiger partial charge in [-0.1, -0.05) is 0 Å². The van der Waals surface area contributed by atoms with Crippen LogP contribution in [0.3, 0.4) is 0 Å². The highest BCUT2D eigenvalue weighted by Gasteiger charge is 2.55. The molecule has 116 valence electrons. The molecule has 1 aromatic rings. The third-order valence-corrected chi connectivity index (χ3v) is 4.26. The van der Waals surface area contributed by atoms with Crippen LogP contribution in [0.4, 0.5) is 5.69 Å². The van der Waals surface area contributed by atoms with E-state index in [4.69, 9.17) is 9.84 Å². The van der Waals surface area contributed by atoms with Crippen molar-refractivity contribution in [2.45, 2.75) is 25.0 Å². The molecule has 2 aliphatic rings. The van der Waals surface area contributed by atoms with E-state index in [1.165, 1.54) is 24.3 Å². The Balaban J connectivity index is 1.73. The van der Waals surface area contributed by atoms with Crippen molar-refractivity contribution in [2.75, 3.05) is 5.32 Å². The predicted octanol–water partition coefficient (Wildman–Crippen LogP) is 1.20. The summed E-state index contributed by atoms with van der Waals surface area (Å²) < 4.78 is 5.55. The average Bonchev–Trinajstić information content (AvgIpc) is 3.08. The first-order chi connectivity index (χ1) is 10.5. The van der Waals surface area contributed by atoms with Crippen LogP contribution in [0.25, 0.3) is 0 Å². The molecule has 2 fully saturated rings. The van der Waals surface area contributed by atoms with Gasteiger partial charge in [0, 0.05) is 5.69 Å². The number of carbonyl (C=O) groups is 3. The van der Waals surface area contributed by atoms with Crippen LogP contribution in [0.15, 0.2) is 24.3 Å². The number of carbonyl (C=O) groups excluding carboxylic acids is 1. The lowest BCUT2D eigenvalue weighted by Crippen LogP contribution is -2.40. The molecule has 22 heavy (non-hydrogen) atoms. The van der Waals surface area contributed by atoms with Crippen molar-refractivity contribution >= 4 is 23.5 Å². The molecule has 3 rings (SSSR count). The van der Waals surface area contributed by atoms with Crippen LogP contribution in [0, 0.1) is 11.8 Å². The van der Waals surface area contributed by atoms with E-state index in [1.807, 2.05) is 0 Å². The fourth-order valence-electron chi connectivity index (χ4n) is 3.25. The predicted molar refractivity (Wildman–Crippen MR) is 74.5 cm³/mol. The van der Waals surface area contributed by atoms with Crippen molar-refractivity contribution in [3.63, 3.8) is 0 Å². The third kappa shape index (κ3) is 2.43. The van der Waals surface area contributed by atoms with Crippen LogP contribution >= 0.6 is 0 Å². The molecule has 0 radical (unpaired) electrons. The van der Waals surface area contributed by atoms with Gasteiger partial charge in [-0.2, -0.15) is 0 Å². The maximum Gasteiger partial charge on any atom is 0.335 e. The zero-order valence-electron chi connectivity index (χ0n) is 11.6. The summed E-state index contributed by atoms with van der Waals surface area (Å²) in [6.07, 6.45) is 0.598. The van der Waals surface area contributed by atoms with E-state index in [0.29, 0.717) is 18.5 Å². The van der Waals surface area contributed by atoms with Crippen molar-refractivity contribution in [1.29, 1.82) is 0 Å². The number of nitrogens with one attached hydrogen (secondary N) is 1. The highest BCUT2D eigenvalue weighted by atomic mass is 16.5. The Morgan fingerprint density at radius 1 is 1.00 bits per heavy atom. The molecular formula is C15H15NO6. The Hall–Kier alpha value is -2.41. The molecule has 7 heteroatoms. The molecule has 0 unspecified atom stereocenters. The highest BCUT2D eigenvalue weighted by molar-refractivity contribution is 5.96. The summed E-state index contributed by atoms with van der Waals surface area (Å²) in [5, 5.41) is 20.8. The molecule has 4 atom stereocenters. The second-order valence-electron chi connectivity index (χ2n) is 5.55. The van der Waals surface area contributed by atoms with Gasteiger partial charge in [-0.15, -0.1) is 0 Å². The van der Waals surface area contributed by atoms with Gasteiger partial charge in [0.2, 0.25) is 5.91 Å². The maximum absolute atomic E-state index is 12.4. The number of anilines is 1. The number of benzene rings is 1. The fraction of sp³-hybridized carbons (Fsp3) is 0.400. The highest BCUT2D eigenvalue weighted by Crippen LogP contribution is 2.44. The molecule has 0 aromatic heterocycles. The van der Waals surface area contributed by atoms with E-state index in [9.17, 15) is 19.5 Å². The molecule has 3 N–H and O–H groups in total. The number of carboxylic acid groups (broad SMARTS) is 2. The number of hydrogen-bond acceptors (Lipinski definition) is 4. The SMILES string of the molecule is O=C(O)c1ccc(NC(=O)[C@@H]2[C@H](C(=O)O)[C@H]3CC[C@H]2O3)cc1. The largest absolute Gasteiger partial charge is 0.481 e. The van der Waals surface area contributed by atoms with Crippen LogP contribution in [-0.2, 0) is 14.3 Å². The minimum absolute atomic E-state index is 0.115. The zero-order valence-corrected chi connectivity index (χ0v) is 11.6. The molecule has 1 aromatic carbocycles. The first-order valence-electron chi connectivity index (χ1n) is 7.00. The van der Waals surface area contributed by atoms with Crippen molar-refractivity contribution in [2.24, 2.45) is 11.8 Å². The number of aliphatic carboxylic acids is 1. The molecule has 1 amide bonds. The minimum Gasteiger partial charge on any atom is -0.481 e. The van der Waals surface area contributed by atoms with Crippen molar-refractivity contribution < 1.29 is 29.3 Å². The summed E-state index contributed by atoms with van der Waals surface area (Å²) in [6.45, 7) is 0. The van der Waals surface area contributed by atoms with Crippen LogP contribution in [-0.4, -0.2) is 40.3 Å². The van der Waals surface area contributed by atoms with Crippen molar-refractivity contribution in [3.8, 4) is 0 Å². The third-order valence-electron chi connectivity index (χ3n) is 4.26. The Morgan fingerprint density at radius 3 is 2.14 bits per heavy atom. The molecule has 7 nitrogen and oxygen atoms in total. The van der Waals surface area contributed by atoms with Gasteiger partial charge in [0.1, 0.15) is 0 Å². The van der Waals surface area contributed by atoms with Gasteiger partial charge in [-0.05, 0) is 37.1 Å². The number of fused-ring (bicyclic) bond motifs is 2. The Morgan fingerprint density at radius 2 is 1.59 bits per heavy atom. The summed E-state index contributed by atoms with van der Waals surface area (Å²) in [7, 11) is 0. The Labute approximate surface area is 125 Å². The lowest BCUT2D eigenvalue weighted by atomic mass is 9.78. The number of ether oxygens (including phenoxy) is 1. The molecule has 2 aliphatic heterocycles. The van der Waals surface area contributed by atoms with E-state index in [1.54, 1.807) is 0 Å². The Bertz CT molecular complexity index is 625. The van der Waals surface area contributed by atoms with Crippen molar-refractivity contribution in [1.82, 2.24) is 0 Å². The lowest BCUT2D eigenvalue weighted by Gasteiger charge is -2.23. The average molecular weight is 305 g/mol. The van der Waals surface area contributed by atoms with E-state index in [0.717, 1.165) is 0 Å². The van der Waals surface area contributed by atoms with Gasteiger partial charge >= 0.3 is 11.9 Å². The van der Waals surface area contributed by atoms with Crippen LogP contribution in [0.2, 0.25) is 0 Å². The maximum atomic E-state index is 12.4. The van der Waals surface area contributed by atoms with E-state index in [2.05, 4.69) is 5.32 Å². The monoisotopic (exact) mass is 305 g/mol. The fourth-order valence-corrected chi connectivity index (χ4v) is 3.25. The van der Waals surface area contributed by atoms with Crippen LogP contribution in [0.5, 0.6) is 0 Å². The van der Waals surface area contributed by atoms with Crippen LogP contribution in [0.1, 0.15) is 23.2 Å². The number of carboxylic acids is 2. The standard InChI is InChI=1S/C15H15NO6/c17-13(16-8-3-1-7(2-4-8)14(18)19)11-9-5-6-10(22-9)12(11)15(20)21/h1-4,9-12H,5-6H2,(H,16,17)(H,18,19)(H,20,21)/t9-,10-,11+,12-/m1/s1. The lowest BCUT2D eigenvalue weighted by molar-refractivity contribution is -0.147.